The van der Waals surface area contributed by atoms with Crippen molar-refractivity contribution in [1.29, 1.82) is 0 Å². The van der Waals surface area contributed by atoms with E-state index in [0.29, 0.717) is 18.6 Å². The van der Waals surface area contributed by atoms with Crippen molar-refractivity contribution in [1.82, 2.24) is 15.1 Å². The Morgan fingerprint density at radius 2 is 2.16 bits per heavy atom. The van der Waals surface area contributed by atoms with Gasteiger partial charge in [-0.2, -0.15) is 5.10 Å². The highest BCUT2D eigenvalue weighted by molar-refractivity contribution is 9.10. The molecule has 0 amide bonds. The number of rotatable bonds is 5. The molecule has 0 aliphatic carbocycles. The molecule has 0 radical (unpaired) electrons. The number of nitrogens with zero attached hydrogens (tertiary/aromatic N) is 2. The number of carbonyl (C=O) groups is 1. The van der Waals surface area contributed by atoms with Crippen LogP contribution in [0.3, 0.4) is 0 Å². The van der Waals surface area contributed by atoms with E-state index in [-0.39, 0.29) is 0 Å². The van der Waals surface area contributed by atoms with Gasteiger partial charge in [0, 0.05) is 19.9 Å². The lowest BCUT2D eigenvalue weighted by Crippen LogP contribution is -2.28. The Morgan fingerprint density at radius 1 is 1.47 bits per heavy atom. The van der Waals surface area contributed by atoms with Gasteiger partial charge in [-0.1, -0.05) is 0 Å². The molecule has 0 aromatic carbocycles. The summed E-state index contributed by atoms with van der Waals surface area (Å²) in [6.45, 7) is 4.16. The first kappa shape index (κ1) is 14.7. The highest BCUT2D eigenvalue weighted by atomic mass is 79.9. The molecule has 0 spiro atoms. The molecule has 1 aliphatic rings. The third kappa shape index (κ3) is 3.89. The van der Waals surface area contributed by atoms with Crippen molar-refractivity contribution in [3.8, 4) is 0 Å². The molecule has 1 saturated heterocycles. The van der Waals surface area contributed by atoms with Crippen molar-refractivity contribution in [3.05, 3.63) is 15.9 Å². The quantitative estimate of drug-likeness (QED) is 0.903. The van der Waals surface area contributed by atoms with Crippen LogP contribution in [0, 0.1) is 12.8 Å². The Balaban J connectivity index is 1.83. The first-order valence-corrected chi connectivity index (χ1v) is 7.77. The van der Waals surface area contributed by atoms with Crippen molar-refractivity contribution in [2.45, 2.75) is 39.0 Å². The van der Waals surface area contributed by atoms with Crippen LogP contribution < -0.4 is 5.32 Å². The topological polar surface area (TPSA) is 46.9 Å². The van der Waals surface area contributed by atoms with Crippen LogP contribution in [0.25, 0.3) is 0 Å². The zero-order valence-corrected chi connectivity index (χ0v) is 13.3. The predicted octanol–water partition coefficient (Wildman–Crippen LogP) is 2.38. The van der Waals surface area contributed by atoms with E-state index >= 15 is 0 Å². The summed E-state index contributed by atoms with van der Waals surface area (Å²) in [5.74, 6) is 1.05. The third-order valence-corrected chi connectivity index (χ3v) is 4.95. The predicted molar refractivity (Wildman–Crippen MR) is 79.2 cm³/mol. The maximum Gasteiger partial charge on any atom is 0.138 e. The minimum absolute atomic E-state index is 0.322. The molecule has 106 valence electrons. The molecule has 1 aromatic rings. The number of Topliss-reactive ketones (excluding diaryl/α,β-unsaturated/α-hetero) is 1. The van der Waals surface area contributed by atoms with Crippen molar-refractivity contribution in [2.24, 2.45) is 13.0 Å². The Kier molecular flexibility index (Phi) is 5.16. The van der Waals surface area contributed by atoms with E-state index in [1.165, 1.54) is 12.8 Å². The van der Waals surface area contributed by atoms with Crippen LogP contribution in [0.5, 0.6) is 0 Å². The highest BCUT2D eigenvalue weighted by Crippen LogP contribution is 2.22. The molecule has 0 unspecified atom stereocenters. The van der Waals surface area contributed by atoms with Crippen LogP contribution in [0.2, 0.25) is 0 Å². The minimum atomic E-state index is 0.322. The van der Waals surface area contributed by atoms with Gasteiger partial charge >= 0.3 is 0 Å². The van der Waals surface area contributed by atoms with E-state index in [1.807, 2.05) is 18.7 Å². The first-order chi connectivity index (χ1) is 9.08. The average molecular weight is 328 g/mol. The van der Waals surface area contributed by atoms with Gasteiger partial charge in [0.15, 0.2) is 0 Å². The molecule has 1 aliphatic heterocycles. The molecular weight excluding hydrogens is 306 g/mol. The number of aromatic nitrogens is 2. The lowest BCUT2D eigenvalue weighted by Gasteiger charge is -2.22. The standard InChI is InChI=1S/C14H22BrN3O/c1-10-14(15)13(18(2)17-10)9-12(19)4-3-11-5-7-16-8-6-11/h11,16H,3-9H2,1-2H3. The number of piperidine rings is 1. The fourth-order valence-corrected chi connectivity index (χ4v) is 3.16. The third-order valence-electron chi connectivity index (χ3n) is 3.92. The SMILES string of the molecule is Cc1nn(C)c(CC(=O)CCC2CCNCC2)c1Br. The van der Waals surface area contributed by atoms with Crippen LogP contribution in [0.4, 0.5) is 0 Å². The van der Waals surface area contributed by atoms with Crippen molar-refractivity contribution < 1.29 is 4.79 Å². The average Bonchev–Trinajstić information content (AvgIpc) is 2.64. The maximum atomic E-state index is 12.1. The maximum absolute atomic E-state index is 12.1. The van der Waals surface area contributed by atoms with E-state index in [9.17, 15) is 4.79 Å². The van der Waals surface area contributed by atoms with Gasteiger partial charge in [0.25, 0.3) is 0 Å². The lowest BCUT2D eigenvalue weighted by molar-refractivity contribution is -0.118. The van der Waals surface area contributed by atoms with Gasteiger partial charge in [-0.15, -0.1) is 0 Å². The van der Waals surface area contributed by atoms with E-state index in [2.05, 4.69) is 26.3 Å². The molecule has 19 heavy (non-hydrogen) atoms. The number of halogens is 1. The van der Waals surface area contributed by atoms with Crippen molar-refractivity contribution in [3.63, 3.8) is 0 Å². The second-order valence-electron chi connectivity index (χ2n) is 5.42. The van der Waals surface area contributed by atoms with Crippen molar-refractivity contribution >= 4 is 21.7 Å². The normalized spacial score (nSPS) is 16.8. The van der Waals surface area contributed by atoms with E-state index in [0.717, 1.165) is 41.3 Å². The van der Waals surface area contributed by atoms with Crippen LogP contribution in [0.15, 0.2) is 4.47 Å². The van der Waals surface area contributed by atoms with Gasteiger partial charge in [-0.3, -0.25) is 9.48 Å². The minimum Gasteiger partial charge on any atom is -0.317 e. The molecule has 4 nitrogen and oxygen atoms in total. The molecule has 0 saturated carbocycles. The lowest BCUT2D eigenvalue weighted by atomic mass is 9.92. The smallest absolute Gasteiger partial charge is 0.138 e. The van der Waals surface area contributed by atoms with Crippen LogP contribution in [0.1, 0.15) is 37.1 Å². The van der Waals surface area contributed by atoms with Gasteiger partial charge < -0.3 is 5.32 Å². The number of hydrogen-bond acceptors (Lipinski definition) is 3. The number of ketones is 1. The summed E-state index contributed by atoms with van der Waals surface area (Å²) in [6, 6.07) is 0. The van der Waals surface area contributed by atoms with Gasteiger partial charge in [-0.25, -0.2) is 0 Å². The number of carbonyl (C=O) groups excluding carboxylic acids is 1. The zero-order valence-electron chi connectivity index (χ0n) is 11.7. The molecule has 0 bridgehead atoms. The summed E-state index contributed by atoms with van der Waals surface area (Å²) in [7, 11) is 1.90. The fraction of sp³-hybridized carbons (Fsp3) is 0.714. The van der Waals surface area contributed by atoms with Crippen molar-refractivity contribution in [2.75, 3.05) is 13.1 Å². The van der Waals surface area contributed by atoms with E-state index in [4.69, 9.17) is 0 Å². The summed E-state index contributed by atoms with van der Waals surface area (Å²) in [5, 5.41) is 7.68. The molecule has 1 fully saturated rings. The van der Waals surface area contributed by atoms with Crippen LogP contribution >= 0.6 is 15.9 Å². The molecule has 2 rings (SSSR count). The molecule has 1 aromatic heterocycles. The number of nitrogens with one attached hydrogen (secondary N) is 1. The summed E-state index contributed by atoms with van der Waals surface area (Å²) in [5.41, 5.74) is 1.94. The van der Waals surface area contributed by atoms with E-state index < -0.39 is 0 Å². The Labute approximate surface area is 123 Å². The second-order valence-corrected chi connectivity index (χ2v) is 6.21. The van der Waals surface area contributed by atoms with Gasteiger partial charge in [-0.05, 0) is 61.1 Å². The largest absolute Gasteiger partial charge is 0.317 e. The molecular formula is C14H22BrN3O. The molecule has 1 N–H and O–H groups in total. The number of hydrogen-bond donors (Lipinski definition) is 1. The second kappa shape index (κ2) is 6.66. The van der Waals surface area contributed by atoms with Gasteiger partial charge in [0.2, 0.25) is 0 Å². The Hall–Kier alpha value is -0.680. The van der Waals surface area contributed by atoms with Crippen LogP contribution in [-0.4, -0.2) is 28.7 Å². The van der Waals surface area contributed by atoms with Gasteiger partial charge in [0.05, 0.1) is 15.9 Å². The first-order valence-electron chi connectivity index (χ1n) is 6.98. The molecule has 5 heteroatoms. The molecule has 2 heterocycles. The molecule has 0 atom stereocenters. The fourth-order valence-electron chi connectivity index (χ4n) is 2.68. The van der Waals surface area contributed by atoms with Gasteiger partial charge in [0.1, 0.15) is 5.78 Å². The zero-order chi connectivity index (χ0) is 13.8. The Morgan fingerprint density at radius 3 is 2.74 bits per heavy atom. The summed E-state index contributed by atoms with van der Waals surface area (Å²) < 4.78 is 2.78. The monoisotopic (exact) mass is 327 g/mol. The number of aryl methyl sites for hydroxylation is 2. The summed E-state index contributed by atoms with van der Waals surface area (Å²) in [6.07, 6.45) is 4.64. The Bertz CT molecular complexity index is 450. The van der Waals surface area contributed by atoms with Crippen LogP contribution in [-0.2, 0) is 18.3 Å². The highest BCUT2D eigenvalue weighted by Gasteiger charge is 2.17. The van der Waals surface area contributed by atoms with E-state index in [1.54, 1.807) is 0 Å². The summed E-state index contributed by atoms with van der Waals surface area (Å²) >= 11 is 3.51. The summed E-state index contributed by atoms with van der Waals surface area (Å²) in [4.78, 5) is 12.1.